The third-order valence-electron chi connectivity index (χ3n) is 4.82. The molecule has 2 rings (SSSR count). The van der Waals surface area contributed by atoms with Crippen LogP contribution in [0.3, 0.4) is 0 Å². The maximum Gasteiger partial charge on any atom is 0.236 e. The Hall–Kier alpha value is -1.18. The number of ether oxygens (including phenoxy) is 1. The first-order valence-corrected chi connectivity index (χ1v) is 8.42. The van der Waals surface area contributed by atoms with E-state index in [1.807, 2.05) is 7.05 Å². The van der Waals surface area contributed by atoms with Crippen molar-refractivity contribution in [2.75, 3.05) is 46.9 Å². The van der Waals surface area contributed by atoms with Crippen LogP contribution in [0.4, 0.5) is 0 Å². The highest BCUT2D eigenvalue weighted by Crippen LogP contribution is 2.23. The predicted octanol–water partition coefficient (Wildman–Crippen LogP) is -0.413. The minimum atomic E-state index is -1.32. The maximum absolute atomic E-state index is 12.6. The van der Waals surface area contributed by atoms with Crippen LogP contribution in [0.1, 0.15) is 32.1 Å². The van der Waals surface area contributed by atoms with E-state index in [2.05, 4.69) is 10.2 Å². The number of carbonyl (C=O) groups is 2. The first-order chi connectivity index (χ1) is 10.9. The molecule has 23 heavy (non-hydrogen) atoms. The average molecular weight is 327 g/mol. The highest BCUT2D eigenvalue weighted by Gasteiger charge is 2.36. The summed E-state index contributed by atoms with van der Waals surface area (Å²) in [4.78, 5) is 27.9. The van der Waals surface area contributed by atoms with E-state index in [1.165, 1.54) is 19.9 Å². The van der Waals surface area contributed by atoms with Gasteiger partial charge in [0.1, 0.15) is 5.60 Å². The Labute approximate surface area is 138 Å². The van der Waals surface area contributed by atoms with Gasteiger partial charge in [0.25, 0.3) is 0 Å². The van der Waals surface area contributed by atoms with Crippen LogP contribution in [0.5, 0.6) is 0 Å². The molecule has 1 heterocycles. The number of rotatable bonds is 5. The van der Waals surface area contributed by atoms with Gasteiger partial charge in [-0.3, -0.25) is 14.5 Å². The van der Waals surface area contributed by atoms with Gasteiger partial charge in [-0.1, -0.05) is 12.8 Å². The van der Waals surface area contributed by atoms with E-state index in [9.17, 15) is 14.7 Å². The lowest BCUT2D eigenvalue weighted by Gasteiger charge is -2.32. The van der Waals surface area contributed by atoms with E-state index in [0.29, 0.717) is 25.7 Å². The third kappa shape index (κ3) is 5.16. The molecule has 1 saturated heterocycles. The van der Waals surface area contributed by atoms with Crippen LogP contribution in [0, 0.1) is 0 Å². The molecule has 0 aromatic heterocycles. The van der Waals surface area contributed by atoms with E-state index in [0.717, 1.165) is 12.8 Å². The number of likely N-dealkylation sites (N-methyl/N-ethyl adjacent to an activating group) is 1. The van der Waals surface area contributed by atoms with E-state index in [-0.39, 0.29) is 31.4 Å². The topological polar surface area (TPSA) is 82.1 Å². The lowest BCUT2D eigenvalue weighted by atomic mass is 9.99. The summed E-state index contributed by atoms with van der Waals surface area (Å²) in [6, 6.07) is 0.479. The molecule has 0 bridgehead atoms. The van der Waals surface area contributed by atoms with Gasteiger partial charge in [-0.05, 0) is 19.9 Å². The summed E-state index contributed by atoms with van der Waals surface area (Å²) >= 11 is 0. The third-order valence-corrected chi connectivity index (χ3v) is 4.82. The normalized spacial score (nSPS) is 26.3. The summed E-state index contributed by atoms with van der Waals surface area (Å²) in [6.45, 7) is 1.39. The molecule has 1 aliphatic heterocycles. The van der Waals surface area contributed by atoms with Crippen LogP contribution in [0.25, 0.3) is 0 Å². The van der Waals surface area contributed by atoms with Gasteiger partial charge in [0, 0.05) is 19.6 Å². The fourth-order valence-electron chi connectivity index (χ4n) is 3.41. The Balaban J connectivity index is 1.93. The summed E-state index contributed by atoms with van der Waals surface area (Å²) in [5, 5.41) is 13.1. The van der Waals surface area contributed by atoms with Gasteiger partial charge in [-0.2, -0.15) is 0 Å². The molecule has 2 amide bonds. The van der Waals surface area contributed by atoms with Gasteiger partial charge in [-0.15, -0.1) is 0 Å². The van der Waals surface area contributed by atoms with Crippen LogP contribution in [-0.2, 0) is 14.3 Å². The van der Waals surface area contributed by atoms with E-state index < -0.39 is 5.60 Å². The number of aliphatic hydroxyl groups is 1. The molecule has 1 aliphatic carbocycles. The highest BCUT2D eigenvalue weighted by molar-refractivity contribution is 5.79. The van der Waals surface area contributed by atoms with Crippen LogP contribution in [0.15, 0.2) is 0 Å². The van der Waals surface area contributed by atoms with Crippen molar-refractivity contribution in [1.82, 2.24) is 15.1 Å². The number of β-amino-alcohol motifs (C(OH)–C–C–N with tert-alkyl or cyclic N) is 1. The van der Waals surface area contributed by atoms with Crippen molar-refractivity contribution in [1.29, 1.82) is 0 Å². The minimum Gasteiger partial charge on any atom is -0.385 e. The summed E-state index contributed by atoms with van der Waals surface area (Å²) in [6.07, 6.45) is 4.69. The van der Waals surface area contributed by atoms with Crippen LogP contribution >= 0.6 is 0 Å². The zero-order valence-electron chi connectivity index (χ0n) is 14.2. The van der Waals surface area contributed by atoms with Crippen molar-refractivity contribution in [2.24, 2.45) is 0 Å². The highest BCUT2D eigenvalue weighted by atomic mass is 16.5. The van der Waals surface area contributed by atoms with Crippen molar-refractivity contribution in [3.63, 3.8) is 0 Å². The Bertz CT molecular complexity index is 426. The molecule has 1 saturated carbocycles. The first-order valence-electron chi connectivity index (χ1n) is 8.42. The second kappa shape index (κ2) is 8.08. The molecule has 0 unspecified atom stereocenters. The monoisotopic (exact) mass is 327 g/mol. The van der Waals surface area contributed by atoms with Crippen molar-refractivity contribution in [3.8, 4) is 0 Å². The lowest BCUT2D eigenvalue weighted by Crippen LogP contribution is -2.51. The van der Waals surface area contributed by atoms with E-state index in [1.54, 1.807) is 4.90 Å². The Kier molecular flexibility index (Phi) is 6.38. The van der Waals surface area contributed by atoms with Crippen molar-refractivity contribution in [2.45, 2.75) is 43.7 Å². The van der Waals surface area contributed by atoms with Gasteiger partial charge in [0.15, 0.2) is 0 Å². The fourth-order valence-corrected chi connectivity index (χ4v) is 3.41. The standard InChI is InChI=1S/C16H29N3O4/c1-17-14(20)9-16(22)11-19(7-8-23-12-16)15(21)10-18(2)13-5-3-4-6-13/h13,22H,3-12H2,1-2H3,(H,17,20)/t16-/m0/s1. The van der Waals surface area contributed by atoms with Gasteiger partial charge in [-0.25, -0.2) is 0 Å². The first kappa shape index (κ1) is 18.2. The zero-order valence-corrected chi connectivity index (χ0v) is 14.2. The summed E-state index contributed by atoms with van der Waals surface area (Å²) in [7, 11) is 3.52. The molecular weight excluding hydrogens is 298 g/mol. The Morgan fingerprint density at radius 2 is 2.09 bits per heavy atom. The molecule has 0 aromatic rings. The summed E-state index contributed by atoms with van der Waals surface area (Å²) < 4.78 is 5.40. The van der Waals surface area contributed by atoms with Crippen LogP contribution < -0.4 is 5.32 Å². The predicted molar refractivity (Wildman–Crippen MR) is 85.9 cm³/mol. The molecule has 2 N–H and O–H groups in total. The smallest absolute Gasteiger partial charge is 0.236 e. The Morgan fingerprint density at radius 1 is 1.39 bits per heavy atom. The quantitative estimate of drug-likeness (QED) is 0.717. The van der Waals surface area contributed by atoms with Crippen LogP contribution in [0.2, 0.25) is 0 Å². The second-order valence-electron chi connectivity index (χ2n) is 6.80. The second-order valence-corrected chi connectivity index (χ2v) is 6.80. The number of hydrogen-bond donors (Lipinski definition) is 2. The summed E-state index contributed by atoms with van der Waals surface area (Å²) in [5.41, 5.74) is -1.32. The Morgan fingerprint density at radius 3 is 2.74 bits per heavy atom. The number of carbonyl (C=O) groups excluding carboxylic acids is 2. The largest absolute Gasteiger partial charge is 0.385 e. The molecule has 0 radical (unpaired) electrons. The number of nitrogens with one attached hydrogen (secondary N) is 1. The van der Waals surface area contributed by atoms with E-state index in [4.69, 9.17) is 4.74 Å². The fraction of sp³-hybridized carbons (Fsp3) is 0.875. The molecule has 1 atom stereocenters. The van der Waals surface area contributed by atoms with Gasteiger partial charge < -0.3 is 20.1 Å². The molecule has 0 aromatic carbocycles. The van der Waals surface area contributed by atoms with Gasteiger partial charge >= 0.3 is 0 Å². The molecule has 2 aliphatic rings. The number of hydrogen-bond acceptors (Lipinski definition) is 5. The molecule has 2 fully saturated rings. The van der Waals surface area contributed by atoms with E-state index >= 15 is 0 Å². The molecule has 132 valence electrons. The maximum atomic E-state index is 12.6. The zero-order chi connectivity index (χ0) is 16.9. The number of amides is 2. The van der Waals surface area contributed by atoms with Crippen molar-refractivity contribution < 1.29 is 19.4 Å². The van der Waals surface area contributed by atoms with Gasteiger partial charge in [0.05, 0.1) is 32.7 Å². The molecule has 0 spiro atoms. The summed E-state index contributed by atoms with van der Waals surface area (Å²) in [5.74, 6) is -0.270. The SMILES string of the molecule is CNC(=O)C[C@@]1(O)COCCN(C(=O)CN(C)C2CCCC2)C1. The molecule has 7 heteroatoms. The lowest BCUT2D eigenvalue weighted by molar-refractivity contribution is -0.138. The average Bonchev–Trinajstić information content (AvgIpc) is 2.97. The minimum absolute atomic E-state index is 0.0137. The van der Waals surface area contributed by atoms with Crippen molar-refractivity contribution in [3.05, 3.63) is 0 Å². The molecule has 7 nitrogen and oxygen atoms in total. The van der Waals surface area contributed by atoms with Crippen molar-refractivity contribution >= 4 is 11.8 Å². The number of nitrogens with zero attached hydrogens (tertiary/aromatic N) is 2. The van der Waals surface area contributed by atoms with Crippen LogP contribution in [-0.4, -0.2) is 85.3 Å². The molecular formula is C16H29N3O4. The van der Waals surface area contributed by atoms with Gasteiger partial charge in [0.2, 0.25) is 11.8 Å².